The van der Waals surface area contributed by atoms with E-state index in [-0.39, 0.29) is 43.3 Å². The van der Waals surface area contributed by atoms with Crippen LogP contribution >= 0.6 is 0 Å². The van der Waals surface area contributed by atoms with Crippen molar-refractivity contribution in [3.8, 4) is 0 Å². The molecule has 0 fully saturated rings. The summed E-state index contributed by atoms with van der Waals surface area (Å²) in [6, 6.07) is 0. The van der Waals surface area contributed by atoms with Crippen molar-refractivity contribution >= 4 is 0 Å². The zero-order valence-corrected chi connectivity index (χ0v) is 21.0. The average molecular weight is 361 g/mol. The zero-order valence-electron chi connectivity index (χ0n) is 21.0. The van der Waals surface area contributed by atoms with E-state index in [1.807, 2.05) is 0 Å². The smallest absolute Gasteiger partial charge is 0.000356 e. The van der Waals surface area contributed by atoms with Crippen LogP contribution in [0.4, 0.5) is 0 Å². The van der Waals surface area contributed by atoms with Gasteiger partial charge in [-0.3, -0.25) is 0 Å². The van der Waals surface area contributed by atoms with Crippen molar-refractivity contribution in [2.45, 2.75) is 111 Å². The Morgan fingerprint density at radius 2 is 0.462 bits per heavy atom. The highest BCUT2D eigenvalue weighted by Gasteiger charge is 2.77. The maximum absolute atomic E-state index is 2.60. The number of hydrogen-bond donors (Lipinski definition) is 0. The highest BCUT2D eigenvalue weighted by molar-refractivity contribution is 5.42. The van der Waals surface area contributed by atoms with Crippen molar-refractivity contribution in [1.29, 1.82) is 0 Å². The second-order valence-electron chi connectivity index (χ2n) is 13.2. The molecule has 2 aliphatic rings. The lowest BCUT2D eigenvalue weighted by Gasteiger charge is -2.75. The molecule has 0 nitrogen and oxygen atoms in total. The van der Waals surface area contributed by atoms with E-state index < -0.39 is 0 Å². The summed E-state index contributed by atoms with van der Waals surface area (Å²) in [5.74, 6) is 0. The summed E-state index contributed by atoms with van der Waals surface area (Å²) in [7, 11) is 0. The van der Waals surface area contributed by atoms with E-state index in [9.17, 15) is 0 Å². The van der Waals surface area contributed by atoms with Crippen LogP contribution in [0.25, 0.3) is 0 Å². The van der Waals surface area contributed by atoms with Gasteiger partial charge < -0.3 is 0 Å². The molecule has 0 saturated carbocycles. The van der Waals surface area contributed by atoms with Crippen molar-refractivity contribution in [1.82, 2.24) is 0 Å². The minimum absolute atomic E-state index is 0.111. The van der Waals surface area contributed by atoms with Gasteiger partial charge >= 0.3 is 0 Å². The second kappa shape index (κ2) is 4.83. The molecule has 2 rings (SSSR count). The quantitative estimate of drug-likeness (QED) is 0.380. The van der Waals surface area contributed by atoms with Crippen LogP contribution in [0.5, 0.6) is 0 Å². The van der Waals surface area contributed by atoms with Crippen molar-refractivity contribution in [3.05, 3.63) is 11.1 Å². The molecule has 2 bridgehead atoms. The fraction of sp³-hybridized carbons (Fsp3) is 0.923. The van der Waals surface area contributed by atoms with Gasteiger partial charge in [-0.2, -0.15) is 0 Å². The molecule has 0 heterocycles. The molecule has 0 aromatic carbocycles. The van der Waals surface area contributed by atoms with Gasteiger partial charge in [-0.1, -0.05) is 108 Å². The van der Waals surface area contributed by atoms with Crippen LogP contribution in [0.15, 0.2) is 11.1 Å². The van der Waals surface area contributed by atoms with Crippen LogP contribution < -0.4 is 0 Å². The third kappa shape index (κ3) is 1.59. The molecule has 0 atom stereocenters. The van der Waals surface area contributed by atoms with Gasteiger partial charge in [-0.15, -0.1) is 0 Å². The summed E-state index contributed by atoms with van der Waals surface area (Å²) in [4.78, 5) is 0. The molecular weight excluding hydrogens is 312 g/mol. The van der Waals surface area contributed by atoms with Crippen molar-refractivity contribution in [3.63, 3.8) is 0 Å². The SMILES string of the molecule is CC1=C(C)C2(C)C(C)(C)C(C)(C)C(C)(C)C1(C)C(C)(C)C(C)(C)C2(C)C. The Bertz CT molecular complexity index is 564. The first kappa shape index (κ1) is 22.0. The summed E-state index contributed by atoms with van der Waals surface area (Å²) in [5.41, 5.74) is 4.49. The van der Waals surface area contributed by atoms with Crippen molar-refractivity contribution < 1.29 is 0 Å². The Balaban J connectivity index is 3.28. The molecule has 0 aliphatic heterocycles. The first-order valence-corrected chi connectivity index (χ1v) is 10.8. The van der Waals surface area contributed by atoms with Gasteiger partial charge in [0.1, 0.15) is 0 Å². The maximum Gasteiger partial charge on any atom is -0.000356 e. The van der Waals surface area contributed by atoms with Gasteiger partial charge in [-0.25, -0.2) is 0 Å². The van der Waals surface area contributed by atoms with Gasteiger partial charge in [0.25, 0.3) is 0 Å². The summed E-state index contributed by atoms with van der Waals surface area (Å²) >= 11 is 0. The predicted octanol–water partition coefficient (Wildman–Crippen LogP) is 8.52. The fourth-order valence-electron chi connectivity index (χ4n) is 8.25. The van der Waals surface area contributed by atoms with E-state index in [1.54, 1.807) is 11.1 Å². The second-order valence-corrected chi connectivity index (χ2v) is 13.2. The number of fused-ring (bicyclic) bond motifs is 2. The molecule has 152 valence electrons. The molecule has 0 N–H and O–H groups in total. The highest BCUT2D eigenvalue weighted by Crippen LogP contribution is 2.83. The normalized spacial score (nSPS) is 41.5. The van der Waals surface area contributed by atoms with Gasteiger partial charge in [0.05, 0.1) is 0 Å². The van der Waals surface area contributed by atoms with Crippen LogP contribution in [0.1, 0.15) is 111 Å². The third-order valence-corrected chi connectivity index (χ3v) is 13.3. The van der Waals surface area contributed by atoms with E-state index >= 15 is 0 Å². The lowest BCUT2D eigenvalue weighted by Crippen LogP contribution is -2.69. The van der Waals surface area contributed by atoms with Crippen LogP contribution in [-0.4, -0.2) is 0 Å². The lowest BCUT2D eigenvalue weighted by atomic mass is 9.29. The van der Waals surface area contributed by atoms with E-state index in [1.165, 1.54) is 0 Å². The first-order valence-electron chi connectivity index (χ1n) is 10.8. The highest BCUT2D eigenvalue weighted by atomic mass is 14.8. The summed E-state index contributed by atoms with van der Waals surface area (Å²) in [6.07, 6.45) is 0. The first-order chi connectivity index (χ1) is 11.1. The Hall–Kier alpha value is -0.260. The molecule has 0 saturated heterocycles. The molecule has 2 aliphatic carbocycles. The van der Waals surface area contributed by atoms with Crippen molar-refractivity contribution in [2.75, 3.05) is 0 Å². The summed E-state index contributed by atoms with van der Waals surface area (Å²) in [6.45, 7) is 40.8. The minimum atomic E-state index is 0.111. The predicted molar refractivity (Wildman–Crippen MR) is 117 cm³/mol. The molecule has 0 amide bonds. The number of allylic oxidation sites excluding steroid dienone is 2. The van der Waals surface area contributed by atoms with Gasteiger partial charge in [0.2, 0.25) is 0 Å². The molecule has 0 unspecified atom stereocenters. The fourth-order valence-corrected chi connectivity index (χ4v) is 8.25. The minimum Gasteiger partial charge on any atom is -0.0668 e. The number of hydrogen-bond acceptors (Lipinski definition) is 0. The van der Waals surface area contributed by atoms with Gasteiger partial charge in [0.15, 0.2) is 0 Å². The Morgan fingerprint density at radius 1 is 0.308 bits per heavy atom. The van der Waals surface area contributed by atoms with Crippen LogP contribution in [0.3, 0.4) is 0 Å². The molecule has 0 radical (unpaired) electrons. The topological polar surface area (TPSA) is 0 Å². The van der Waals surface area contributed by atoms with Crippen LogP contribution in [0, 0.1) is 43.3 Å². The third-order valence-electron chi connectivity index (χ3n) is 13.3. The van der Waals surface area contributed by atoms with Gasteiger partial charge in [-0.05, 0) is 57.2 Å². The van der Waals surface area contributed by atoms with E-state index in [4.69, 9.17) is 0 Å². The molecule has 26 heavy (non-hydrogen) atoms. The summed E-state index contributed by atoms with van der Waals surface area (Å²) < 4.78 is 0. The molecule has 0 heteroatoms. The summed E-state index contributed by atoms with van der Waals surface area (Å²) in [5, 5.41) is 0. The van der Waals surface area contributed by atoms with Crippen LogP contribution in [0.2, 0.25) is 0 Å². The van der Waals surface area contributed by atoms with Crippen molar-refractivity contribution in [2.24, 2.45) is 43.3 Å². The molecular formula is C26H48. The number of rotatable bonds is 0. The average Bonchev–Trinajstić information content (AvgIpc) is 2.50. The maximum atomic E-state index is 2.60. The Labute approximate surface area is 165 Å². The Kier molecular flexibility index (Phi) is 4.09. The lowest BCUT2D eigenvalue weighted by molar-refractivity contribution is -0.260. The monoisotopic (exact) mass is 360 g/mol. The van der Waals surface area contributed by atoms with E-state index in [0.29, 0.717) is 0 Å². The molecule has 0 aromatic rings. The largest absolute Gasteiger partial charge is 0.0668 e. The standard InChI is InChI=1S/C26H48/c1-17-18(2)26(16)23(11,12)19(3,4)21(7,8)25(17,15)22(9,10)20(5,6)24(26,13)14/h1-16H3. The van der Waals surface area contributed by atoms with Gasteiger partial charge in [0, 0.05) is 0 Å². The molecule has 0 aromatic heterocycles. The van der Waals surface area contributed by atoms with Crippen LogP contribution in [-0.2, 0) is 0 Å². The van der Waals surface area contributed by atoms with E-state index in [0.717, 1.165) is 0 Å². The van der Waals surface area contributed by atoms with E-state index in [2.05, 4.69) is 111 Å². The Morgan fingerprint density at radius 3 is 0.615 bits per heavy atom. The molecule has 0 spiro atoms. The zero-order chi connectivity index (χ0) is 21.2.